The van der Waals surface area contributed by atoms with Gasteiger partial charge in [0.1, 0.15) is 5.75 Å². The Hall–Kier alpha value is -3.07. The van der Waals surface area contributed by atoms with E-state index in [1.165, 1.54) is 23.1 Å². The van der Waals surface area contributed by atoms with E-state index in [9.17, 15) is 19.8 Å². The highest BCUT2D eigenvalue weighted by Gasteiger charge is 2.46. The summed E-state index contributed by atoms with van der Waals surface area (Å²) in [5.41, 5.74) is 1.09. The van der Waals surface area contributed by atoms with Crippen LogP contribution in [0.2, 0.25) is 5.02 Å². The number of hydrogen-bond donors (Lipinski definition) is 2. The zero-order valence-electron chi connectivity index (χ0n) is 24.9. The second-order valence-corrected chi connectivity index (χ2v) is 13.3. The van der Waals surface area contributed by atoms with Crippen LogP contribution >= 0.6 is 11.6 Å². The van der Waals surface area contributed by atoms with Gasteiger partial charge in [0, 0.05) is 37.1 Å². The molecule has 2 aromatic rings. The first-order valence-electron chi connectivity index (χ1n) is 15.3. The number of benzene rings is 2. The van der Waals surface area contributed by atoms with E-state index in [4.69, 9.17) is 21.1 Å². The Morgan fingerprint density at radius 3 is 2.79 bits per heavy atom. The van der Waals surface area contributed by atoms with Gasteiger partial charge in [-0.1, -0.05) is 35.9 Å². The van der Waals surface area contributed by atoms with Crippen molar-refractivity contribution >= 4 is 29.2 Å². The summed E-state index contributed by atoms with van der Waals surface area (Å²) < 4.78 is 11.6. The lowest BCUT2D eigenvalue weighted by Crippen LogP contribution is -2.49. The van der Waals surface area contributed by atoms with Gasteiger partial charge in [0.25, 0.3) is 0 Å². The number of nitrogens with zero attached hydrogens (tertiary/aromatic N) is 2. The first kappa shape index (κ1) is 30.0. The van der Waals surface area contributed by atoms with E-state index in [0.717, 1.165) is 42.8 Å². The molecule has 8 nitrogen and oxygen atoms in total. The third-order valence-electron chi connectivity index (χ3n) is 10.2. The fraction of sp³-hybridized carbons (Fsp3) is 0.529. The van der Waals surface area contributed by atoms with Crippen LogP contribution in [0.25, 0.3) is 0 Å². The standard InChI is InChI=1S/C34H41ClN2O6/c1-36-15-4-3-7-29(38)26-11-8-23(26)19-37-20-33(14-5-6-22-16-25(35)10-12-27(22)33)21-43-30-13-9-24(17-28(30)37)34(41,18-31(36)39)32(40)42-2/h3,7,9-10,12-13,16-17,23,26,29,38,41H,4-6,8,11,14-15,18-21H2,1-2H3/b7-3+/t23-,26+,29?,33-,34-/m0/s1. The Balaban J connectivity index is 1.46. The van der Waals surface area contributed by atoms with Crippen molar-refractivity contribution in [1.82, 2.24) is 4.90 Å². The van der Waals surface area contributed by atoms with Crippen LogP contribution in [0.4, 0.5) is 5.69 Å². The molecule has 0 aromatic heterocycles. The number of rotatable bonds is 1. The zero-order valence-corrected chi connectivity index (χ0v) is 25.7. The van der Waals surface area contributed by atoms with E-state index in [1.54, 1.807) is 25.2 Å². The molecule has 2 N–H and O–H groups in total. The number of carbonyl (C=O) groups excluding carboxylic acids is 2. The molecule has 4 aliphatic rings. The molecular weight excluding hydrogens is 568 g/mol. The third-order valence-corrected chi connectivity index (χ3v) is 10.4. The molecule has 230 valence electrons. The largest absolute Gasteiger partial charge is 0.490 e. The number of hydrogen-bond acceptors (Lipinski definition) is 7. The number of halogens is 1. The van der Waals surface area contributed by atoms with Gasteiger partial charge in [0.15, 0.2) is 5.60 Å². The summed E-state index contributed by atoms with van der Waals surface area (Å²) in [7, 11) is 2.87. The molecule has 1 amide bonds. The van der Waals surface area contributed by atoms with E-state index in [2.05, 4.69) is 17.0 Å². The number of aliphatic hydroxyl groups excluding tert-OH is 1. The lowest BCUT2D eigenvalue weighted by molar-refractivity contribution is -0.168. The Kier molecular flexibility index (Phi) is 8.22. The summed E-state index contributed by atoms with van der Waals surface area (Å²) in [5.74, 6) is -0.216. The maximum Gasteiger partial charge on any atom is 0.343 e. The lowest BCUT2D eigenvalue weighted by atomic mass is 9.68. The van der Waals surface area contributed by atoms with E-state index >= 15 is 0 Å². The monoisotopic (exact) mass is 608 g/mol. The molecule has 43 heavy (non-hydrogen) atoms. The van der Waals surface area contributed by atoms with Crippen molar-refractivity contribution in [3.05, 3.63) is 70.3 Å². The molecule has 5 atom stereocenters. The van der Waals surface area contributed by atoms with Gasteiger partial charge in [-0.2, -0.15) is 0 Å². The average Bonchev–Trinajstić information content (AvgIpc) is 3.13. The molecule has 1 unspecified atom stereocenters. The minimum atomic E-state index is -2.17. The first-order valence-corrected chi connectivity index (χ1v) is 15.7. The van der Waals surface area contributed by atoms with Crippen LogP contribution in [0.15, 0.2) is 48.6 Å². The highest BCUT2D eigenvalue weighted by molar-refractivity contribution is 6.30. The van der Waals surface area contributed by atoms with Crippen molar-refractivity contribution in [3.8, 4) is 5.75 Å². The van der Waals surface area contributed by atoms with Crippen molar-refractivity contribution < 1.29 is 29.3 Å². The minimum Gasteiger partial charge on any atom is -0.490 e. The number of methoxy groups -OCH3 is 1. The minimum absolute atomic E-state index is 0.125. The quantitative estimate of drug-likeness (QED) is 0.366. The zero-order chi connectivity index (χ0) is 30.4. The highest BCUT2D eigenvalue weighted by atomic mass is 35.5. The van der Waals surface area contributed by atoms with E-state index in [-0.39, 0.29) is 28.7 Å². The molecule has 0 saturated heterocycles. The third kappa shape index (κ3) is 5.54. The van der Waals surface area contributed by atoms with Crippen LogP contribution in [-0.4, -0.2) is 73.5 Å². The highest BCUT2D eigenvalue weighted by Crippen LogP contribution is 2.47. The molecule has 2 aliphatic carbocycles. The van der Waals surface area contributed by atoms with Gasteiger partial charge in [-0.15, -0.1) is 0 Å². The molecule has 2 aliphatic heterocycles. The lowest BCUT2D eigenvalue weighted by Gasteiger charge is -2.45. The van der Waals surface area contributed by atoms with Gasteiger partial charge in [0.2, 0.25) is 5.91 Å². The molecule has 1 spiro atoms. The molecule has 9 heteroatoms. The van der Waals surface area contributed by atoms with E-state index in [0.29, 0.717) is 38.4 Å². The molecule has 2 bridgehead atoms. The van der Waals surface area contributed by atoms with Crippen molar-refractivity contribution in [1.29, 1.82) is 0 Å². The number of fused-ring (bicyclic) bond motifs is 4. The van der Waals surface area contributed by atoms with Gasteiger partial charge < -0.3 is 29.5 Å². The summed E-state index contributed by atoms with van der Waals surface area (Å²) in [6.07, 6.45) is 8.19. The maximum absolute atomic E-state index is 13.2. The Morgan fingerprint density at radius 1 is 1.19 bits per heavy atom. The van der Waals surface area contributed by atoms with Gasteiger partial charge in [-0.05, 0) is 91.3 Å². The normalized spacial score (nSPS) is 31.7. The molecule has 1 saturated carbocycles. The predicted molar refractivity (Wildman–Crippen MR) is 164 cm³/mol. The van der Waals surface area contributed by atoms with Crippen LogP contribution in [0.1, 0.15) is 55.2 Å². The Morgan fingerprint density at radius 2 is 2.02 bits per heavy atom. The number of aliphatic hydroxyl groups is 2. The first-order chi connectivity index (χ1) is 20.6. The van der Waals surface area contributed by atoms with Crippen LogP contribution in [-0.2, 0) is 31.8 Å². The Labute approximate surface area is 258 Å². The fourth-order valence-corrected chi connectivity index (χ4v) is 7.71. The van der Waals surface area contributed by atoms with Gasteiger partial charge in [-0.25, -0.2) is 4.79 Å². The summed E-state index contributed by atoms with van der Waals surface area (Å²) in [4.78, 5) is 30.2. The number of carbonyl (C=O) groups is 2. The molecule has 6 rings (SSSR count). The topological polar surface area (TPSA) is 99.5 Å². The summed E-state index contributed by atoms with van der Waals surface area (Å²) in [6, 6.07) is 11.4. The van der Waals surface area contributed by atoms with Crippen LogP contribution in [0, 0.1) is 11.8 Å². The Bertz CT molecular complexity index is 1430. The van der Waals surface area contributed by atoms with Gasteiger partial charge in [-0.3, -0.25) is 4.79 Å². The number of esters is 1. The average molecular weight is 609 g/mol. The van der Waals surface area contributed by atoms with Crippen molar-refractivity contribution in [3.63, 3.8) is 0 Å². The summed E-state index contributed by atoms with van der Waals surface area (Å²) in [5, 5.41) is 23.7. The SMILES string of the molecule is COC(=O)[C@]1(O)CC(=O)N(C)CC/C=C/C(O)[C@@H]2CC[C@H]2CN2C[C@@]3(CCCc4cc(Cl)ccc43)COc3ccc1cc32. The second kappa shape index (κ2) is 11.8. The molecule has 2 aromatic carbocycles. The van der Waals surface area contributed by atoms with Crippen molar-refractivity contribution in [2.24, 2.45) is 11.8 Å². The van der Waals surface area contributed by atoms with Crippen LogP contribution < -0.4 is 9.64 Å². The van der Waals surface area contributed by atoms with Gasteiger partial charge in [0.05, 0.1) is 31.9 Å². The van der Waals surface area contributed by atoms with Crippen LogP contribution in [0.3, 0.4) is 0 Å². The number of anilines is 1. The van der Waals surface area contributed by atoms with Crippen molar-refractivity contribution in [2.75, 3.05) is 45.3 Å². The summed E-state index contributed by atoms with van der Waals surface area (Å²) in [6.45, 7) is 2.24. The number of amides is 1. The van der Waals surface area contributed by atoms with Crippen molar-refractivity contribution in [2.45, 2.75) is 62.1 Å². The smallest absolute Gasteiger partial charge is 0.343 e. The fourth-order valence-electron chi connectivity index (χ4n) is 7.51. The van der Waals surface area contributed by atoms with Crippen LogP contribution in [0.5, 0.6) is 5.75 Å². The predicted octanol–water partition coefficient (Wildman–Crippen LogP) is 4.37. The van der Waals surface area contributed by atoms with Gasteiger partial charge >= 0.3 is 5.97 Å². The molecule has 1 fully saturated rings. The number of ether oxygens (including phenoxy) is 2. The number of aryl methyl sites for hydroxylation is 1. The van der Waals surface area contributed by atoms with E-state index in [1.807, 2.05) is 18.2 Å². The molecule has 0 radical (unpaired) electrons. The van der Waals surface area contributed by atoms with E-state index < -0.39 is 24.1 Å². The maximum atomic E-state index is 13.2. The summed E-state index contributed by atoms with van der Waals surface area (Å²) >= 11 is 6.40. The molecule has 2 heterocycles. The second-order valence-electron chi connectivity index (χ2n) is 12.8. The molecular formula is C34H41ClN2O6.